The number of nitrogens with two attached hydrogens (primary N) is 1. The Morgan fingerprint density at radius 1 is 1.48 bits per heavy atom. The molecule has 21 heavy (non-hydrogen) atoms. The Morgan fingerprint density at radius 3 is 2.43 bits per heavy atom. The molecule has 0 bridgehead atoms. The molecule has 1 rings (SSSR count). The third-order valence-corrected chi connectivity index (χ3v) is 3.76. The van der Waals surface area contributed by atoms with Gasteiger partial charge in [0.05, 0.1) is 10.5 Å². The van der Waals surface area contributed by atoms with E-state index in [0.717, 1.165) is 0 Å². The molecule has 3 N–H and O–H groups in total. The molecule has 1 atom stereocenters. The Kier molecular flexibility index (Phi) is 6.79. The van der Waals surface area contributed by atoms with Crippen molar-refractivity contribution in [2.75, 3.05) is 6.54 Å². The van der Waals surface area contributed by atoms with Gasteiger partial charge in [0.25, 0.3) is 11.6 Å². The molecule has 0 saturated carbocycles. The van der Waals surface area contributed by atoms with Gasteiger partial charge in [-0.1, -0.05) is 13.8 Å². The average Bonchev–Trinajstić information content (AvgIpc) is 2.37. The van der Waals surface area contributed by atoms with Gasteiger partial charge in [-0.05, 0) is 31.4 Å². The van der Waals surface area contributed by atoms with Crippen molar-refractivity contribution in [2.45, 2.75) is 33.2 Å². The van der Waals surface area contributed by atoms with Gasteiger partial charge < -0.3 is 11.1 Å². The minimum atomic E-state index is -0.509. The molecule has 0 aliphatic heterocycles. The molecule has 0 fully saturated rings. The molecule has 0 aliphatic carbocycles. The Bertz CT molecular complexity index is 534. The van der Waals surface area contributed by atoms with Crippen LogP contribution in [0, 0.1) is 23.0 Å². The quantitative estimate of drug-likeness (QED) is 0.644. The molecule has 7 heteroatoms. The summed E-state index contributed by atoms with van der Waals surface area (Å²) in [5, 5.41) is 13.6. The number of non-ortho nitro benzene ring substituents is 1. The van der Waals surface area contributed by atoms with Crippen molar-refractivity contribution < 1.29 is 9.72 Å². The van der Waals surface area contributed by atoms with Gasteiger partial charge in [-0.2, -0.15) is 0 Å². The monoisotopic (exact) mass is 315 g/mol. The lowest BCUT2D eigenvalue weighted by atomic mass is 9.88. The number of hydrogen-bond donors (Lipinski definition) is 2. The second kappa shape index (κ2) is 7.38. The van der Waals surface area contributed by atoms with Crippen LogP contribution >= 0.6 is 12.4 Å². The first-order valence-corrected chi connectivity index (χ1v) is 6.49. The fourth-order valence-corrected chi connectivity index (χ4v) is 1.77. The minimum Gasteiger partial charge on any atom is -0.345 e. The van der Waals surface area contributed by atoms with E-state index in [1.54, 1.807) is 6.92 Å². The van der Waals surface area contributed by atoms with Crippen LogP contribution in [-0.2, 0) is 0 Å². The number of amides is 1. The van der Waals surface area contributed by atoms with Crippen molar-refractivity contribution >= 4 is 24.0 Å². The zero-order valence-corrected chi connectivity index (χ0v) is 13.5. The maximum atomic E-state index is 12.3. The van der Waals surface area contributed by atoms with Gasteiger partial charge in [-0.3, -0.25) is 14.9 Å². The zero-order chi connectivity index (χ0) is 15.5. The van der Waals surface area contributed by atoms with E-state index in [4.69, 9.17) is 5.73 Å². The third-order valence-electron chi connectivity index (χ3n) is 3.76. The summed E-state index contributed by atoms with van der Waals surface area (Å²) in [4.78, 5) is 22.5. The number of nitrogens with one attached hydrogen (secondary N) is 1. The highest BCUT2D eigenvalue weighted by molar-refractivity contribution is 5.96. The highest BCUT2D eigenvalue weighted by Crippen LogP contribution is 2.20. The van der Waals surface area contributed by atoms with Gasteiger partial charge in [0.15, 0.2) is 0 Å². The normalized spacial score (nSPS) is 13.2. The van der Waals surface area contributed by atoms with Crippen LogP contribution in [0.25, 0.3) is 0 Å². The number of benzene rings is 1. The highest BCUT2D eigenvalue weighted by Gasteiger charge is 2.29. The smallest absolute Gasteiger partial charge is 0.269 e. The Labute approximate surface area is 130 Å². The molecule has 118 valence electrons. The van der Waals surface area contributed by atoms with Crippen LogP contribution in [0.5, 0.6) is 0 Å². The second-order valence-electron chi connectivity index (χ2n) is 5.49. The molecule has 1 amide bonds. The Balaban J connectivity index is 0.00000400. The first kappa shape index (κ1) is 19.3. The zero-order valence-electron chi connectivity index (χ0n) is 12.7. The lowest BCUT2D eigenvalue weighted by Crippen LogP contribution is -2.55. The largest absolute Gasteiger partial charge is 0.345 e. The number of nitro benzene ring substituents is 1. The summed E-state index contributed by atoms with van der Waals surface area (Å²) >= 11 is 0. The lowest BCUT2D eigenvalue weighted by molar-refractivity contribution is -0.384. The van der Waals surface area contributed by atoms with E-state index >= 15 is 0 Å². The van der Waals surface area contributed by atoms with E-state index in [2.05, 4.69) is 5.32 Å². The molecule has 0 saturated heterocycles. The number of nitro groups is 1. The van der Waals surface area contributed by atoms with Crippen molar-refractivity contribution in [3.8, 4) is 0 Å². The van der Waals surface area contributed by atoms with Gasteiger partial charge in [-0.15, -0.1) is 12.4 Å². The third kappa shape index (κ3) is 4.41. The molecule has 1 aromatic rings. The van der Waals surface area contributed by atoms with Crippen molar-refractivity contribution in [2.24, 2.45) is 11.7 Å². The van der Waals surface area contributed by atoms with Crippen LogP contribution in [0.15, 0.2) is 18.2 Å². The molecule has 0 heterocycles. The minimum absolute atomic E-state index is 0. The molecule has 0 radical (unpaired) electrons. The predicted molar refractivity (Wildman–Crippen MR) is 84.8 cm³/mol. The summed E-state index contributed by atoms with van der Waals surface area (Å²) in [5.41, 5.74) is 6.20. The van der Waals surface area contributed by atoms with Gasteiger partial charge in [0, 0.05) is 24.2 Å². The topological polar surface area (TPSA) is 98.3 Å². The standard InChI is InChI=1S/C14H21N3O3.ClH/c1-9(2)14(4,8-15)16-13(18)12-6-5-11(17(19)20)7-10(12)3;/h5-7,9H,8,15H2,1-4H3,(H,16,18);1H. The molecular formula is C14H22ClN3O3. The number of aryl methyl sites for hydroxylation is 1. The second-order valence-corrected chi connectivity index (χ2v) is 5.49. The number of nitrogens with zero attached hydrogens (tertiary/aromatic N) is 1. The SMILES string of the molecule is Cc1cc([N+](=O)[O-])ccc1C(=O)NC(C)(CN)C(C)C.Cl. The van der Waals surface area contributed by atoms with Crippen LogP contribution in [-0.4, -0.2) is 22.9 Å². The number of rotatable bonds is 5. The average molecular weight is 316 g/mol. The molecule has 1 aromatic carbocycles. The summed E-state index contributed by atoms with van der Waals surface area (Å²) in [5.74, 6) is -0.0890. The maximum Gasteiger partial charge on any atom is 0.269 e. The first-order valence-electron chi connectivity index (χ1n) is 6.49. The number of hydrogen-bond acceptors (Lipinski definition) is 4. The van der Waals surface area contributed by atoms with Crippen LogP contribution in [0.4, 0.5) is 5.69 Å². The van der Waals surface area contributed by atoms with E-state index in [1.807, 2.05) is 20.8 Å². The lowest BCUT2D eigenvalue weighted by Gasteiger charge is -2.33. The molecule has 1 unspecified atom stereocenters. The Hall–Kier alpha value is -1.66. The van der Waals surface area contributed by atoms with Crippen molar-refractivity contribution in [1.82, 2.24) is 5.32 Å². The maximum absolute atomic E-state index is 12.3. The van der Waals surface area contributed by atoms with Gasteiger partial charge in [0.2, 0.25) is 0 Å². The summed E-state index contributed by atoms with van der Waals surface area (Å²) in [7, 11) is 0. The fourth-order valence-electron chi connectivity index (χ4n) is 1.77. The molecule has 0 aliphatic rings. The van der Waals surface area contributed by atoms with Crippen LogP contribution in [0.2, 0.25) is 0 Å². The van der Waals surface area contributed by atoms with Gasteiger partial charge in [0.1, 0.15) is 0 Å². The number of halogens is 1. The van der Waals surface area contributed by atoms with E-state index in [1.165, 1.54) is 18.2 Å². The highest BCUT2D eigenvalue weighted by atomic mass is 35.5. The number of carbonyl (C=O) groups excluding carboxylic acids is 1. The van der Waals surface area contributed by atoms with Crippen LogP contribution in [0.1, 0.15) is 36.7 Å². The molecule has 0 spiro atoms. The number of carbonyl (C=O) groups is 1. The van der Waals surface area contributed by atoms with Crippen molar-refractivity contribution in [1.29, 1.82) is 0 Å². The summed E-state index contributed by atoms with van der Waals surface area (Å²) < 4.78 is 0. The van der Waals surface area contributed by atoms with Crippen molar-refractivity contribution in [3.05, 3.63) is 39.4 Å². The van der Waals surface area contributed by atoms with E-state index in [9.17, 15) is 14.9 Å². The van der Waals surface area contributed by atoms with Crippen LogP contribution in [0.3, 0.4) is 0 Å². The van der Waals surface area contributed by atoms with Crippen LogP contribution < -0.4 is 11.1 Å². The molecule has 0 aromatic heterocycles. The molecular weight excluding hydrogens is 294 g/mol. The van der Waals surface area contributed by atoms with E-state index in [0.29, 0.717) is 17.7 Å². The first-order chi connectivity index (χ1) is 9.21. The Morgan fingerprint density at radius 2 is 2.05 bits per heavy atom. The predicted octanol–water partition coefficient (Wildman–Crippen LogP) is 2.43. The summed E-state index contributed by atoms with van der Waals surface area (Å²) in [6.07, 6.45) is 0. The fraction of sp³-hybridized carbons (Fsp3) is 0.500. The van der Waals surface area contributed by atoms with Gasteiger partial charge in [-0.25, -0.2) is 0 Å². The van der Waals surface area contributed by atoms with E-state index in [-0.39, 0.29) is 29.9 Å². The van der Waals surface area contributed by atoms with Gasteiger partial charge >= 0.3 is 0 Å². The van der Waals surface area contributed by atoms with Crippen molar-refractivity contribution in [3.63, 3.8) is 0 Å². The van der Waals surface area contributed by atoms with E-state index < -0.39 is 10.5 Å². The summed E-state index contributed by atoms with van der Waals surface area (Å²) in [6.45, 7) is 7.85. The molecule has 6 nitrogen and oxygen atoms in total. The summed E-state index contributed by atoms with van der Waals surface area (Å²) in [6, 6.07) is 4.20.